The molecule has 6 heteroatoms. The van der Waals surface area contributed by atoms with Crippen LogP contribution in [0, 0.1) is 0 Å². The molecule has 1 fully saturated rings. The van der Waals surface area contributed by atoms with E-state index in [-0.39, 0.29) is 18.7 Å². The summed E-state index contributed by atoms with van der Waals surface area (Å²) in [5, 5.41) is 3.96. The quantitative estimate of drug-likeness (QED) is 0.832. The van der Waals surface area contributed by atoms with Gasteiger partial charge in [0.25, 0.3) is 0 Å². The van der Waals surface area contributed by atoms with E-state index < -0.39 is 0 Å². The summed E-state index contributed by atoms with van der Waals surface area (Å²) in [7, 11) is 0. The smallest absolute Gasteiger partial charge is 0.246 e. The van der Waals surface area contributed by atoms with Crippen molar-refractivity contribution in [2.24, 2.45) is 0 Å². The summed E-state index contributed by atoms with van der Waals surface area (Å²) in [5.74, 6) is 1.17. The minimum absolute atomic E-state index is 0.00356. The van der Waals surface area contributed by atoms with Crippen LogP contribution in [0.3, 0.4) is 0 Å². The average molecular weight is 371 g/mol. The maximum absolute atomic E-state index is 12.5. The van der Waals surface area contributed by atoms with E-state index in [1.54, 1.807) is 18.2 Å². The number of likely N-dealkylation sites (tertiary alicyclic amines) is 1. The Morgan fingerprint density at radius 1 is 1.23 bits per heavy atom. The number of nitrogens with zero attached hydrogens (tertiary/aromatic N) is 1. The summed E-state index contributed by atoms with van der Waals surface area (Å²) in [6.07, 6.45) is 4.28. The Balaban J connectivity index is 1.37. The number of fused-ring (bicyclic) bond motifs is 1. The van der Waals surface area contributed by atoms with Gasteiger partial charge in [-0.25, -0.2) is 0 Å². The number of hydrogen-bond acceptors (Lipinski definition) is 4. The molecule has 0 spiro atoms. The summed E-state index contributed by atoms with van der Waals surface area (Å²) < 4.78 is 10.6. The van der Waals surface area contributed by atoms with E-state index in [9.17, 15) is 4.79 Å². The topological polar surface area (TPSA) is 50.8 Å². The van der Waals surface area contributed by atoms with E-state index in [4.69, 9.17) is 21.1 Å². The number of carbonyl (C=O) groups is 1. The fourth-order valence-corrected chi connectivity index (χ4v) is 3.48. The van der Waals surface area contributed by atoms with E-state index in [0.29, 0.717) is 23.1 Å². The fourth-order valence-electron chi connectivity index (χ4n) is 3.20. The molecule has 1 amide bonds. The van der Waals surface area contributed by atoms with Crippen LogP contribution >= 0.6 is 11.6 Å². The van der Waals surface area contributed by atoms with Gasteiger partial charge in [-0.1, -0.05) is 29.8 Å². The second-order valence-electron chi connectivity index (χ2n) is 6.35. The summed E-state index contributed by atoms with van der Waals surface area (Å²) >= 11 is 6.17. The molecule has 1 atom stereocenters. The molecule has 2 heterocycles. The number of para-hydroxylation sites is 1. The van der Waals surface area contributed by atoms with Gasteiger partial charge in [0.05, 0.1) is 5.02 Å². The van der Waals surface area contributed by atoms with Crippen molar-refractivity contribution in [3.63, 3.8) is 0 Å². The summed E-state index contributed by atoms with van der Waals surface area (Å²) in [5.41, 5.74) is 1.89. The zero-order valence-electron chi connectivity index (χ0n) is 14.2. The number of nitrogens with one attached hydrogen (secondary N) is 1. The molecule has 1 unspecified atom stereocenters. The van der Waals surface area contributed by atoms with Gasteiger partial charge < -0.3 is 19.7 Å². The van der Waals surface area contributed by atoms with Crippen molar-refractivity contribution in [3.8, 4) is 11.5 Å². The summed E-state index contributed by atoms with van der Waals surface area (Å²) in [6, 6.07) is 13.9. The van der Waals surface area contributed by atoms with E-state index in [2.05, 4.69) is 5.32 Å². The Kier molecular flexibility index (Phi) is 4.71. The number of ether oxygens (including phenoxy) is 2. The number of hydrogen-bond donors (Lipinski definition) is 1. The lowest BCUT2D eigenvalue weighted by Gasteiger charge is -2.16. The van der Waals surface area contributed by atoms with Crippen molar-refractivity contribution in [2.75, 3.05) is 25.2 Å². The number of benzene rings is 2. The molecule has 134 valence electrons. The highest BCUT2D eigenvalue weighted by Gasteiger charge is 2.25. The number of anilines is 1. The van der Waals surface area contributed by atoms with Crippen molar-refractivity contribution in [1.29, 1.82) is 0 Å². The molecule has 2 aromatic rings. The molecule has 0 radical (unpaired) electrons. The molecule has 2 aliphatic rings. The third-order valence-corrected chi connectivity index (χ3v) is 4.79. The molecule has 0 saturated carbocycles. The summed E-state index contributed by atoms with van der Waals surface area (Å²) in [4.78, 5) is 14.3. The normalized spacial score (nSPS) is 18.5. The zero-order chi connectivity index (χ0) is 17.9. The molecule has 4 rings (SSSR count). The van der Waals surface area contributed by atoms with Gasteiger partial charge in [-0.2, -0.15) is 0 Å². The maximum atomic E-state index is 12.5. The predicted octanol–water partition coefficient (Wildman–Crippen LogP) is 3.79. The SMILES string of the molecule is O=C(/C=C/c1cc(Cl)c2c(c1)OCO2)N1CCC(Nc2ccccc2)C1. The predicted molar refractivity (Wildman–Crippen MR) is 102 cm³/mol. The number of carbonyl (C=O) groups excluding carboxylic acids is 1. The zero-order valence-corrected chi connectivity index (χ0v) is 14.9. The van der Waals surface area contributed by atoms with Crippen LogP contribution in [0.4, 0.5) is 5.69 Å². The molecule has 0 aromatic heterocycles. The number of halogens is 1. The van der Waals surface area contributed by atoms with Crippen LogP contribution in [0.2, 0.25) is 5.02 Å². The monoisotopic (exact) mass is 370 g/mol. The van der Waals surface area contributed by atoms with Crippen LogP contribution in [-0.2, 0) is 4.79 Å². The molecule has 0 aliphatic carbocycles. The number of amides is 1. The Morgan fingerprint density at radius 2 is 2.08 bits per heavy atom. The molecule has 1 saturated heterocycles. The highest BCUT2D eigenvalue weighted by atomic mass is 35.5. The first-order valence-electron chi connectivity index (χ1n) is 8.57. The van der Waals surface area contributed by atoms with Crippen molar-refractivity contribution in [3.05, 3.63) is 59.1 Å². The van der Waals surface area contributed by atoms with E-state index >= 15 is 0 Å². The molecule has 2 aliphatic heterocycles. The average Bonchev–Trinajstić information content (AvgIpc) is 3.30. The molecule has 0 bridgehead atoms. The first-order valence-corrected chi connectivity index (χ1v) is 8.94. The standard InChI is InChI=1S/C20H19ClN2O3/c21-17-10-14(11-18-20(17)26-13-25-18)6-7-19(24)23-9-8-16(12-23)22-15-4-2-1-3-5-15/h1-7,10-11,16,22H,8-9,12-13H2/b7-6+. The highest BCUT2D eigenvalue weighted by Crippen LogP contribution is 2.40. The minimum atomic E-state index is -0.00356. The Hall–Kier alpha value is -2.66. The Bertz CT molecular complexity index is 838. The Labute approximate surface area is 157 Å². The van der Waals surface area contributed by atoms with Gasteiger partial charge in [-0.05, 0) is 42.3 Å². The van der Waals surface area contributed by atoms with Crippen molar-refractivity contribution in [2.45, 2.75) is 12.5 Å². The van der Waals surface area contributed by atoms with E-state index in [1.165, 1.54) is 0 Å². The Morgan fingerprint density at radius 3 is 2.92 bits per heavy atom. The lowest BCUT2D eigenvalue weighted by Crippen LogP contribution is -2.30. The fraction of sp³-hybridized carbons (Fsp3) is 0.250. The third-order valence-electron chi connectivity index (χ3n) is 4.51. The molecule has 5 nitrogen and oxygen atoms in total. The van der Waals surface area contributed by atoms with Crippen molar-refractivity contribution in [1.82, 2.24) is 4.90 Å². The molecule has 26 heavy (non-hydrogen) atoms. The van der Waals surface area contributed by atoms with Crippen LogP contribution in [-0.4, -0.2) is 36.7 Å². The van der Waals surface area contributed by atoms with Gasteiger partial charge in [0.2, 0.25) is 12.7 Å². The molecule has 1 N–H and O–H groups in total. The highest BCUT2D eigenvalue weighted by molar-refractivity contribution is 6.32. The van der Waals surface area contributed by atoms with Crippen LogP contribution in [0.15, 0.2) is 48.5 Å². The second-order valence-corrected chi connectivity index (χ2v) is 6.76. The van der Waals surface area contributed by atoms with Crippen LogP contribution in [0.25, 0.3) is 6.08 Å². The van der Waals surface area contributed by atoms with E-state index in [0.717, 1.165) is 24.2 Å². The third kappa shape index (κ3) is 3.63. The van der Waals surface area contributed by atoms with Gasteiger partial charge in [-0.3, -0.25) is 4.79 Å². The van der Waals surface area contributed by atoms with E-state index in [1.807, 2.05) is 41.3 Å². The molecule has 2 aromatic carbocycles. The van der Waals surface area contributed by atoms with Crippen molar-refractivity contribution < 1.29 is 14.3 Å². The molecular formula is C20H19ClN2O3. The second kappa shape index (κ2) is 7.30. The largest absolute Gasteiger partial charge is 0.454 e. The number of rotatable bonds is 4. The minimum Gasteiger partial charge on any atom is -0.454 e. The van der Waals surface area contributed by atoms with Gasteiger partial charge in [0, 0.05) is 30.9 Å². The summed E-state index contributed by atoms with van der Waals surface area (Å²) in [6.45, 7) is 1.61. The van der Waals surface area contributed by atoms with Gasteiger partial charge in [-0.15, -0.1) is 0 Å². The maximum Gasteiger partial charge on any atom is 0.246 e. The first kappa shape index (κ1) is 16.8. The molecular weight excluding hydrogens is 352 g/mol. The van der Waals surface area contributed by atoms with Gasteiger partial charge in [0.15, 0.2) is 11.5 Å². The first-order chi connectivity index (χ1) is 12.7. The van der Waals surface area contributed by atoms with Crippen LogP contribution < -0.4 is 14.8 Å². The van der Waals surface area contributed by atoms with Crippen LogP contribution in [0.1, 0.15) is 12.0 Å². The van der Waals surface area contributed by atoms with Crippen molar-refractivity contribution >= 4 is 29.3 Å². The lowest BCUT2D eigenvalue weighted by molar-refractivity contribution is -0.124. The van der Waals surface area contributed by atoms with Gasteiger partial charge >= 0.3 is 0 Å². The van der Waals surface area contributed by atoms with Crippen LogP contribution in [0.5, 0.6) is 11.5 Å². The lowest BCUT2D eigenvalue weighted by atomic mass is 10.2. The van der Waals surface area contributed by atoms with Gasteiger partial charge in [0.1, 0.15) is 0 Å².